The van der Waals surface area contributed by atoms with E-state index in [-0.39, 0.29) is 11.4 Å². The van der Waals surface area contributed by atoms with Crippen LogP contribution >= 0.6 is 0 Å². The minimum Gasteiger partial charge on any atom is -0.493 e. The summed E-state index contributed by atoms with van der Waals surface area (Å²) in [5.74, 6) is 2.74. The highest BCUT2D eigenvalue weighted by atomic mass is 16.5. The summed E-state index contributed by atoms with van der Waals surface area (Å²) in [7, 11) is 6.44. The zero-order valence-electron chi connectivity index (χ0n) is 16.8. The molecule has 0 aromatic heterocycles. The van der Waals surface area contributed by atoms with Crippen molar-refractivity contribution in [3.05, 3.63) is 47.5 Å². The Hall–Kier alpha value is -2.89. The Balaban J connectivity index is 1.63. The molecule has 0 bridgehead atoms. The van der Waals surface area contributed by atoms with Crippen molar-refractivity contribution in [3.8, 4) is 23.0 Å². The average molecular weight is 385 g/mol. The Kier molecular flexibility index (Phi) is 5.97. The van der Waals surface area contributed by atoms with Crippen molar-refractivity contribution < 1.29 is 23.7 Å². The van der Waals surface area contributed by atoms with E-state index in [0.29, 0.717) is 35.8 Å². The van der Waals surface area contributed by atoms with Gasteiger partial charge in [-0.1, -0.05) is 12.1 Å². The highest BCUT2D eigenvalue weighted by Crippen LogP contribution is 2.47. The van der Waals surface area contributed by atoms with Crippen molar-refractivity contribution in [2.45, 2.75) is 31.2 Å². The Labute approximate surface area is 165 Å². The molecular formula is C22H27NO5. The number of rotatable bonds is 9. The van der Waals surface area contributed by atoms with Crippen molar-refractivity contribution in [2.75, 3.05) is 28.4 Å². The van der Waals surface area contributed by atoms with Gasteiger partial charge in [0.2, 0.25) is 5.91 Å². The predicted molar refractivity (Wildman–Crippen MR) is 106 cm³/mol. The van der Waals surface area contributed by atoms with E-state index in [1.807, 2.05) is 36.4 Å². The smallest absolute Gasteiger partial charge is 0.221 e. The van der Waals surface area contributed by atoms with Crippen LogP contribution in [-0.2, 0) is 16.8 Å². The molecule has 1 aliphatic rings. The maximum Gasteiger partial charge on any atom is 0.221 e. The van der Waals surface area contributed by atoms with E-state index < -0.39 is 0 Å². The molecule has 2 aromatic rings. The SMILES string of the molecule is COc1ccc(CCC(=O)NC2(c3ccc(OC)c(OC)c3)CC2)cc1OC. The molecular weight excluding hydrogens is 358 g/mol. The van der Waals surface area contributed by atoms with Gasteiger partial charge in [-0.05, 0) is 54.7 Å². The van der Waals surface area contributed by atoms with Crippen LogP contribution in [0, 0.1) is 0 Å². The third kappa shape index (κ3) is 4.16. The van der Waals surface area contributed by atoms with E-state index in [9.17, 15) is 4.79 Å². The first-order valence-corrected chi connectivity index (χ1v) is 9.29. The number of hydrogen-bond acceptors (Lipinski definition) is 5. The molecule has 1 N–H and O–H groups in total. The number of hydrogen-bond donors (Lipinski definition) is 1. The van der Waals surface area contributed by atoms with Crippen LogP contribution in [-0.4, -0.2) is 34.3 Å². The third-order valence-corrected chi connectivity index (χ3v) is 5.15. The van der Waals surface area contributed by atoms with Gasteiger partial charge in [0, 0.05) is 6.42 Å². The lowest BCUT2D eigenvalue weighted by atomic mass is 10.0. The number of methoxy groups -OCH3 is 4. The van der Waals surface area contributed by atoms with Crippen LogP contribution in [0.3, 0.4) is 0 Å². The van der Waals surface area contributed by atoms with Gasteiger partial charge >= 0.3 is 0 Å². The van der Waals surface area contributed by atoms with E-state index in [1.54, 1.807) is 28.4 Å². The van der Waals surface area contributed by atoms with Gasteiger partial charge in [0.1, 0.15) is 0 Å². The summed E-state index contributed by atoms with van der Waals surface area (Å²) in [6.07, 6.45) is 2.88. The van der Waals surface area contributed by atoms with Gasteiger partial charge < -0.3 is 24.3 Å². The molecule has 1 saturated carbocycles. The van der Waals surface area contributed by atoms with Crippen LogP contribution in [0.25, 0.3) is 0 Å². The van der Waals surface area contributed by atoms with Gasteiger partial charge in [0.25, 0.3) is 0 Å². The largest absolute Gasteiger partial charge is 0.493 e. The fraction of sp³-hybridized carbons (Fsp3) is 0.409. The van der Waals surface area contributed by atoms with Crippen LogP contribution in [0.2, 0.25) is 0 Å². The van der Waals surface area contributed by atoms with Crippen LogP contribution in [0.1, 0.15) is 30.4 Å². The zero-order chi connectivity index (χ0) is 20.1. The van der Waals surface area contributed by atoms with Crippen LogP contribution in [0.15, 0.2) is 36.4 Å². The van der Waals surface area contributed by atoms with Crippen molar-refractivity contribution in [1.29, 1.82) is 0 Å². The number of ether oxygens (including phenoxy) is 4. The van der Waals surface area contributed by atoms with Crippen LogP contribution < -0.4 is 24.3 Å². The van der Waals surface area contributed by atoms with Gasteiger partial charge in [-0.3, -0.25) is 4.79 Å². The fourth-order valence-corrected chi connectivity index (χ4v) is 3.37. The number of benzene rings is 2. The fourth-order valence-electron chi connectivity index (χ4n) is 3.37. The quantitative estimate of drug-likeness (QED) is 0.716. The molecule has 0 spiro atoms. The Bertz CT molecular complexity index is 845. The minimum absolute atomic E-state index is 0.0297. The number of carbonyl (C=O) groups is 1. The molecule has 0 radical (unpaired) electrons. The molecule has 1 amide bonds. The maximum atomic E-state index is 12.6. The molecule has 2 aromatic carbocycles. The van der Waals surface area contributed by atoms with Gasteiger partial charge in [-0.15, -0.1) is 0 Å². The minimum atomic E-state index is -0.297. The van der Waals surface area contributed by atoms with Gasteiger partial charge in [0.15, 0.2) is 23.0 Å². The highest BCUT2D eigenvalue weighted by molar-refractivity contribution is 5.78. The van der Waals surface area contributed by atoms with E-state index >= 15 is 0 Å². The number of nitrogens with one attached hydrogen (secondary N) is 1. The van der Waals surface area contributed by atoms with Crippen LogP contribution in [0.4, 0.5) is 0 Å². The van der Waals surface area contributed by atoms with Crippen LogP contribution in [0.5, 0.6) is 23.0 Å². The lowest BCUT2D eigenvalue weighted by Crippen LogP contribution is -2.35. The Morgan fingerprint density at radius 2 is 1.43 bits per heavy atom. The van der Waals surface area contributed by atoms with E-state index in [4.69, 9.17) is 18.9 Å². The van der Waals surface area contributed by atoms with Crippen molar-refractivity contribution >= 4 is 5.91 Å². The van der Waals surface area contributed by atoms with Crippen molar-refractivity contribution in [2.24, 2.45) is 0 Å². The molecule has 0 saturated heterocycles. The molecule has 0 atom stereocenters. The van der Waals surface area contributed by atoms with Crippen molar-refractivity contribution in [3.63, 3.8) is 0 Å². The summed E-state index contributed by atoms with van der Waals surface area (Å²) in [5.41, 5.74) is 1.78. The van der Waals surface area contributed by atoms with E-state index in [0.717, 1.165) is 24.0 Å². The first-order chi connectivity index (χ1) is 13.5. The summed E-state index contributed by atoms with van der Waals surface area (Å²) in [4.78, 5) is 12.6. The second-order valence-electron chi connectivity index (χ2n) is 6.89. The molecule has 0 heterocycles. The van der Waals surface area contributed by atoms with Crippen molar-refractivity contribution in [1.82, 2.24) is 5.32 Å². The Morgan fingerprint density at radius 3 is 2.00 bits per heavy atom. The second-order valence-corrected chi connectivity index (χ2v) is 6.89. The topological polar surface area (TPSA) is 66.0 Å². The second kappa shape index (κ2) is 8.42. The predicted octanol–water partition coefficient (Wildman–Crippen LogP) is 3.46. The number of carbonyl (C=O) groups excluding carboxylic acids is 1. The molecule has 3 rings (SSSR count). The summed E-state index contributed by atoms with van der Waals surface area (Å²) >= 11 is 0. The molecule has 6 nitrogen and oxygen atoms in total. The summed E-state index contributed by atoms with van der Waals surface area (Å²) in [5, 5.41) is 3.20. The lowest BCUT2D eigenvalue weighted by Gasteiger charge is -2.20. The lowest BCUT2D eigenvalue weighted by molar-refractivity contribution is -0.122. The molecule has 1 fully saturated rings. The molecule has 0 aliphatic heterocycles. The third-order valence-electron chi connectivity index (χ3n) is 5.15. The Morgan fingerprint density at radius 1 is 0.857 bits per heavy atom. The summed E-state index contributed by atoms with van der Waals surface area (Å²) in [6, 6.07) is 11.5. The maximum absolute atomic E-state index is 12.6. The standard InChI is InChI=1S/C22H27NO5/c1-25-17-8-5-15(13-19(17)27-3)6-10-21(24)23-22(11-12-22)16-7-9-18(26-2)20(14-16)28-4/h5,7-9,13-14H,6,10-12H2,1-4H3,(H,23,24). The molecule has 150 valence electrons. The summed E-state index contributed by atoms with van der Waals surface area (Å²) in [6.45, 7) is 0. The normalized spacial score (nSPS) is 14.1. The zero-order valence-corrected chi connectivity index (χ0v) is 16.8. The molecule has 1 aliphatic carbocycles. The monoisotopic (exact) mass is 385 g/mol. The number of amides is 1. The number of aryl methyl sites for hydroxylation is 1. The van der Waals surface area contributed by atoms with Gasteiger partial charge in [-0.2, -0.15) is 0 Å². The highest BCUT2D eigenvalue weighted by Gasteiger charge is 2.45. The van der Waals surface area contributed by atoms with Gasteiger partial charge in [0.05, 0.1) is 34.0 Å². The molecule has 28 heavy (non-hydrogen) atoms. The van der Waals surface area contributed by atoms with E-state index in [2.05, 4.69) is 5.32 Å². The summed E-state index contributed by atoms with van der Waals surface area (Å²) < 4.78 is 21.3. The molecule has 0 unspecified atom stereocenters. The van der Waals surface area contributed by atoms with E-state index in [1.165, 1.54) is 0 Å². The van der Waals surface area contributed by atoms with Gasteiger partial charge in [-0.25, -0.2) is 0 Å². The molecule has 6 heteroatoms. The first-order valence-electron chi connectivity index (χ1n) is 9.29. The average Bonchev–Trinajstić information content (AvgIpc) is 3.51. The first kappa shape index (κ1) is 19.9.